The number of urea groups is 1. The fourth-order valence-corrected chi connectivity index (χ4v) is 1.76. The van der Waals surface area contributed by atoms with Crippen LogP contribution in [0.1, 0.15) is 20.7 Å². The van der Waals surface area contributed by atoms with Gasteiger partial charge in [0.1, 0.15) is 0 Å². The lowest BCUT2D eigenvalue weighted by molar-refractivity contribution is -0.140. The molecule has 0 unspecified atom stereocenters. The highest BCUT2D eigenvalue weighted by Crippen LogP contribution is 2.20. The van der Waals surface area contributed by atoms with Crippen LogP contribution in [0, 0.1) is 0 Å². The first kappa shape index (κ1) is 14.5. The number of carbonyl (C=O) groups excluding carboxylic acids is 3. The van der Waals surface area contributed by atoms with Gasteiger partial charge in [-0.2, -0.15) is 0 Å². The Morgan fingerprint density at radius 2 is 1.86 bits per heavy atom. The van der Waals surface area contributed by atoms with Crippen molar-refractivity contribution in [3.63, 3.8) is 0 Å². The highest BCUT2D eigenvalue weighted by atomic mass is 16.4. The van der Waals surface area contributed by atoms with E-state index in [1.807, 2.05) is 5.32 Å². The molecule has 2 rings (SSSR count). The number of aliphatic carboxylic acids is 1. The fourth-order valence-electron chi connectivity index (χ4n) is 1.76. The fraction of sp³-hybridized carbons (Fsp3) is 0.167. The first-order valence-electron chi connectivity index (χ1n) is 5.83. The molecule has 1 heterocycles. The predicted molar refractivity (Wildman–Crippen MR) is 68.9 cm³/mol. The molecule has 0 fully saturated rings. The molecular formula is C12H11N3O6. The summed E-state index contributed by atoms with van der Waals surface area (Å²) in [5, 5.41) is 23.9. The second-order valence-electron chi connectivity index (χ2n) is 4.22. The maximum Gasteiger partial charge on any atom is 0.328 e. The number of carboxylic acids is 1. The SMILES string of the molecule is O=C(Nc1ccc2c(c1)C(=O)NC2=O)N[C@@H](CO)C(=O)O. The van der Waals surface area contributed by atoms with E-state index in [1.165, 1.54) is 18.2 Å². The molecule has 0 aliphatic carbocycles. The number of hydrogen-bond donors (Lipinski definition) is 5. The molecule has 0 spiro atoms. The molecule has 21 heavy (non-hydrogen) atoms. The van der Waals surface area contributed by atoms with Gasteiger partial charge in [0, 0.05) is 5.69 Å². The molecule has 1 aliphatic heterocycles. The van der Waals surface area contributed by atoms with Crippen molar-refractivity contribution in [1.82, 2.24) is 10.6 Å². The smallest absolute Gasteiger partial charge is 0.328 e. The summed E-state index contributed by atoms with van der Waals surface area (Å²) in [6.07, 6.45) is 0. The van der Waals surface area contributed by atoms with E-state index in [-0.39, 0.29) is 16.8 Å². The summed E-state index contributed by atoms with van der Waals surface area (Å²) in [6.45, 7) is -0.760. The first-order chi connectivity index (χ1) is 9.92. The van der Waals surface area contributed by atoms with Gasteiger partial charge in [0.05, 0.1) is 17.7 Å². The van der Waals surface area contributed by atoms with Crippen molar-refractivity contribution in [3.8, 4) is 0 Å². The van der Waals surface area contributed by atoms with Gasteiger partial charge in [0.2, 0.25) is 0 Å². The molecule has 9 nitrogen and oxygen atoms in total. The zero-order valence-corrected chi connectivity index (χ0v) is 10.5. The number of nitrogens with one attached hydrogen (secondary N) is 3. The lowest BCUT2D eigenvalue weighted by Gasteiger charge is -2.12. The van der Waals surface area contributed by atoms with Crippen LogP contribution in [0.25, 0.3) is 0 Å². The van der Waals surface area contributed by atoms with Crippen molar-refractivity contribution in [2.45, 2.75) is 6.04 Å². The van der Waals surface area contributed by atoms with Crippen molar-refractivity contribution in [3.05, 3.63) is 29.3 Å². The third kappa shape index (κ3) is 2.98. The lowest BCUT2D eigenvalue weighted by Crippen LogP contribution is -2.45. The Bertz CT molecular complexity index is 642. The van der Waals surface area contributed by atoms with Crippen LogP contribution >= 0.6 is 0 Å². The Hall–Kier alpha value is -2.94. The van der Waals surface area contributed by atoms with Crippen molar-refractivity contribution in [2.24, 2.45) is 0 Å². The van der Waals surface area contributed by atoms with Crippen molar-refractivity contribution in [1.29, 1.82) is 0 Å². The number of anilines is 1. The summed E-state index contributed by atoms with van der Waals surface area (Å²) >= 11 is 0. The molecule has 0 saturated carbocycles. The Morgan fingerprint density at radius 3 is 2.48 bits per heavy atom. The van der Waals surface area contributed by atoms with Gasteiger partial charge in [0.15, 0.2) is 6.04 Å². The van der Waals surface area contributed by atoms with Gasteiger partial charge in [-0.05, 0) is 18.2 Å². The molecule has 4 amide bonds. The molecule has 110 valence electrons. The Morgan fingerprint density at radius 1 is 1.19 bits per heavy atom. The third-order valence-electron chi connectivity index (χ3n) is 2.78. The van der Waals surface area contributed by atoms with Crippen LogP contribution in [-0.2, 0) is 4.79 Å². The van der Waals surface area contributed by atoms with E-state index < -0.39 is 36.5 Å². The molecule has 9 heteroatoms. The quantitative estimate of drug-likeness (QED) is 0.457. The maximum atomic E-state index is 11.6. The number of benzene rings is 1. The summed E-state index contributed by atoms with van der Waals surface area (Å²) in [5.41, 5.74) is 0.526. The van der Waals surface area contributed by atoms with Gasteiger partial charge < -0.3 is 20.8 Å². The highest BCUT2D eigenvalue weighted by Gasteiger charge is 2.27. The van der Waals surface area contributed by atoms with Gasteiger partial charge in [-0.3, -0.25) is 14.9 Å². The van der Waals surface area contributed by atoms with Crippen molar-refractivity contribution in [2.75, 3.05) is 11.9 Å². The Labute approximate surface area is 117 Å². The van der Waals surface area contributed by atoms with Gasteiger partial charge in [-0.1, -0.05) is 0 Å². The highest BCUT2D eigenvalue weighted by molar-refractivity contribution is 6.22. The zero-order valence-electron chi connectivity index (χ0n) is 10.5. The minimum atomic E-state index is -1.44. The number of fused-ring (bicyclic) bond motifs is 1. The maximum absolute atomic E-state index is 11.6. The molecule has 0 bridgehead atoms. The third-order valence-corrected chi connectivity index (χ3v) is 2.78. The van der Waals surface area contributed by atoms with Crippen LogP contribution in [0.4, 0.5) is 10.5 Å². The van der Waals surface area contributed by atoms with E-state index in [4.69, 9.17) is 10.2 Å². The summed E-state index contributed by atoms with van der Waals surface area (Å²) in [4.78, 5) is 45.0. The van der Waals surface area contributed by atoms with Crippen molar-refractivity contribution >= 4 is 29.5 Å². The van der Waals surface area contributed by atoms with Gasteiger partial charge in [0.25, 0.3) is 11.8 Å². The summed E-state index contributed by atoms with van der Waals surface area (Å²) in [6, 6.07) is 1.76. The minimum Gasteiger partial charge on any atom is -0.480 e. The van der Waals surface area contributed by atoms with E-state index in [2.05, 4.69) is 10.6 Å². The van der Waals surface area contributed by atoms with E-state index in [9.17, 15) is 19.2 Å². The monoisotopic (exact) mass is 293 g/mol. The topological polar surface area (TPSA) is 145 Å². The molecule has 0 aromatic heterocycles. The average Bonchev–Trinajstić information content (AvgIpc) is 2.70. The Balaban J connectivity index is 2.09. The van der Waals surface area contributed by atoms with Crippen LogP contribution in [-0.4, -0.2) is 46.7 Å². The van der Waals surface area contributed by atoms with Gasteiger partial charge >= 0.3 is 12.0 Å². The number of amides is 4. The number of aliphatic hydroxyl groups is 1. The summed E-state index contributed by atoms with van der Waals surface area (Å²) in [5.74, 6) is -2.47. The minimum absolute atomic E-state index is 0.120. The van der Waals surface area contributed by atoms with Crippen LogP contribution in [0.3, 0.4) is 0 Å². The largest absolute Gasteiger partial charge is 0.480 e. The molecule has 0 saturated heterocycles. The number of hydrogen-bond acceptors (Lipinski definition) is 5. The number of carboxylic acid groups (broad SMARTS) is 1. The summed E-state index contributed by atoms with van der Waals surface area (Å²) < 4.78 is 0. The van der Waals surface area contributed by atoms with Crippen LogP contribution < -0.4 is 16.0 Å². The molecule has 5 N–H and O–H groups in total. The molecular weight excluding hydrogens is 282 g/mol. The van der Waals surface area contributed by atoms with E-state index in [1.54, 1.807) is 0 Å². The first-order valence-corrected chi connectivity index (χ1v) is 5.83. The normalized spacial score (nSPS) is 14.1. The van der Waals surface area contributed by atoms with Crippen LogP contribution in [0.2, 0.25) is 0 Å². The second kappa shape index (κ2) is 5.59. The van der Waals surface area contributed by atoms with E-state index in [0.717, 1.165) is 0 Å². The molecule has 1 aromatic rings. The number of rotatable bonds is 4. The zero-order chi connectivity index (χ0) is 15.6. The van der Waals surface area contributed by atoms with E-state index >= 15 is 0 Å². The number of imide groups is 1. The average molecular weight is 293 g/mol. The standard InChI is InChI=1S/C12H11N3O6/c16-4-8(11(19)20)14-12(21)13-5-1-2-6-7(3-5)10(18)15-9(6)17/h1-3,8,16H,4H2,(H,19,20)(H2,13,14,21)(H,15,17,18)/t8-/m0/s1. The molecule has 0 radical (unpaired) electrons. The van der Waals surface area contributed by atoms with Gasteiger partial charge in [-0.25, -0.2) is 9.59 Å². The van der Waals surface area contributed by atoms with E-state index in [0.29, 0.717) is 0 Å². The van der Waals surface area contributed by atoms with Crippen molar-refractivity contribution < 1.29 is 29.4 Å². The molecule has 1 aromatic carbocycles. The molecule has 1 atom stereocenters. The Kier molecular flexibility index (Phi) is 3.85. The number of aliphatic hydroxyl groups excluding tert-OH is 1. The van der Waals surface area contributed by atoms with Crippen LogP contribution in [0.15, 0.2) is 18.2 Å². The summed E-state index contributed by atoms with van der Waals surface area (Å²) in [7, 11) is 0. The van der Waals surface area contributed by atoms with Crippen LogP contribution in [0.5, 0.6) is 0 Å². The second-order valence-corrected chi connectivity index (χ2v) is 4.22. The number of carbonyl (C=O) groups is 4. The lowest BCUT2D eigenvalue weighted by atomic mass is 10.1. The molecule has 1 aliphatic rings. The van der Waals surface area contributed by atoms with Gasteiger partial charge in [-0.15, -0.1) is 0 Å². The predicted octanol–water partition coefficient (Wildman–Crippen LogP) is -0.863.